The van der Waals surface area contributed by atoms with Crippen molar-refractivity contribution in [1.29, 1.82) is 5.26 Å². The normalized spacial score (nSPS) is 20.8. The molecule has 0 radical (unpaired) electrons. The second kappa shape index (κ2) is 5.16. The number of nitrogens with zero attached hydrogens (tertiary/aromatic N) is 4. The maximum atomic E-state index is 12.4. The van der Waals surface area contributed by atoms with E-state index in [0.29, 0.717) is 11.3 Å². The van der Waals surface area contributed by atoms with Crippen molar-refractivity contribution in [2.75, 3.05) is 6.26 Å². The van der Waals surface area contributed by atoms with Crippen molar-refractivity contribution in [2.45, 2.75) is 50.5 Å². The number of fused-ring (bicyclic) bond motifs is 1. The molecule has 0 bridgehead atoms. The summed E-state index contributed by atoms with van der Waals surface area (Å²) in [6.07, 6.45) is 1.62. The Morgan fingerprint density at radius 3 is 2.57 bits per heavy atom. The minimum Gasteiger partial charge on any atom is -0.444 e. The van der Waals surface area contributed by atoms with E-state index < -0.39 is 27.1 Å². The van der Waals surface area contributed by atoms with Gasteiger partial charge < -0.3 is 4.74 Å². The molecule has 0 aliphatic carbocycles. The van der Waals surface area contributed by atoms with Crippen molar-refractivity contribution < 1.29 is 17.9 Å². The van der Waals surface area contributed by atoms with Crippen LogP contribution in [0.3, 0.4) is 0 Å². The lowest BCUT2D eigenvalue weighted by atomic mass is 9.97. The number of hydrogen-bond acceptors (Lipinski definition) is 7. The van der Waals surface area contributed by atoms with Crippen LogP contribution in [-0.2, 0) is 26.7 Å². The van der Waals surface area contributed by atoms with Crippen LogP contribution in [0.2, 0.25) is 0 Å². The molecule has 1 atom stereocenters. The van der Waals surface area contributed by atoms with Gasteiger partial charge in [-0.15, -0.1) is 0 Å². The van der Waals surface area contributed by atoms with Gasteiger partial charge in [0.15, 0.2) is 5.54 Å². The molecule has 8 nitrogen and oxygen atoms in total. The number of aromatic nitrogens is 2. The number of carbonyl (C=O) groups excluding carboxylic acids is 1. The Hall–Kier alpha value is -2.21. The Kier molecular flexibility index (Phi) is 3.85. The molecule has 1 aliphatic heterocycles. The fourth-order valence-electron chi connectivity index (χ4n) is 2.24. The summed E-state index contributed by atoms with van der Waals surface area (Å²) < 4.78 is 28.5. The highest BCUT2D eigenvalue weighted by atomic mass is 32.2. The Morgan fingerprint density at radius 2 is 2.09 bits per heavy atom. The van der Waals surface area contributed by atoms with Gasteiger partial charge in [-0.05, 0) is 27.7 Å². The van der Waals surface area contributed by atoms with Gasteiger partial charge in [-0.1, -0.05) is 0 Å². The largest absolute Gasteiger partial charge is 0.444 e. The fourth-order valence-corrected chi connectivity index (χ4v) is 2.76. The van der Waals surface area contributed by atoms with Gasteiger partial charge in [-0.2, -0.15) is 5.26 Å². The van der Waals surface area contributed by atoms with Crippen molar-refractivity contribution in [3.8, 4) is 6.07 Å². The van der Waals surface area contributed by atoms with Crippen LogP contribution in [0.15, 0.2) is 11.4 Å². The summed E-state index contributed by atoms with van der Waals surface area (Å²) in [4.78, 5) is 21.4. The summed E-state index contributed by atoms with van der Waals surface area (Å²) in [6.45, 7) is 6.70. The minimum atomic E-state index is -3.57. The lowest BCUT2D eigenvalue weighted by molar-refractivity contribution is 0.0106. The zero-order valence-electron chi connectivity index (χ0n) is 13.6. The number of amides is 1. The molecular weight excluding hydrogens is 320 g/mol. The molecule has 124 valence electrons. The molecular formula is C14H18N4O4S. The van der Waals surface area contributed by atoms with Gasteiger partial charge in [0.1, 0.15) is 5.60 Å². The molecule has 1 aliphatic rings. The van der Waals surface area contributed by atoms with Gasteiger partial charge in [0.25, 0.3) is 0 Å². The summed E-state index contributed by atoms with van der Waals surface area (Å²) in [5, 5.41) is 9.21. The molecule has 0 saturated carbocycles. The molecule has 1 unspecified atom stereocenters. The van der Waals surface area contributed by atoms with E-state index in [0.717, 1.165) is 6.26 Å². The topological polar surface area (TPSA) is 113 Å². The van der Waals surface area contributed by atoms with E-state index in [1.807, 2.05) is 0 Å². The lowest BCUT2D eigenvalue weighted by Gasteiger charge is -2.31. The number of hydrogen-bond donors (Lipinski definition) is 0. The molecule has 1 aromatic heterocycles. The SMILES string of the molecule is CC(C)(C)OC(=O)N1Cc2nc(S(C)(=O)=O)ncc2C1(C)C#N. The van der Waals surface area contributed by atoms with Gasteiger partial charge in [0.2, 0.25) is 15.0 Å². The maximum Gasteiger partial charge on any atom is 0.412 e. The predicted octanol–water partition coefficient (Wildman–Crippen LogP) is 1.37. The fraction of sp³-hybridized carbons (Fsp3) is 0.571. The number of carbonyl (C=O) groups is 1. The Balaban J connectivity index is 2.47. The number of nitriles is 1. The third-order valence-electron chi connectivity index (χ3n) is 3.38. The summed E-state index contributed by atoms with van der Waals surface area (Å²) >= 11 is 0. The standard InChI is InChI=1S/C14H18N4O4S/c1-13(2,3)22-12(19)18-7-10-9(14(18,4)8-15)6-16-11(17-10)23(5,20)21/h6H,7H2,1-5H3. The van der Waals surface area contributed by atoms with Crippen LogP contribution in [0.5, 0.6) is 0 Å². The van der Waals surface area contributed by atoms with Crippen LogP contribution in [0.25, 0.3) is 0 Å². The van der Waals surface area contributed by atoms with Crippen LogP contribution < -0.4 is 0 Å². The number of rotatable bonds is 1. The molecule has 9 heteroatoms. The van der Waals surface area contributed by atoms with Gasteiger partial charge >= 0.3 is 6.09 Å². The smallest absolute Gasteiger partial charge is 0.412 e. The highest BCUT2D eigenvalue weighted by molar-refractivity contribution is 7.90. The summed E-state index contributed by atoms with van der Waals surface area (Å²) in [5.74, 6) is 0. The van der Waals surface area contributed by atoms with Crippen LogP contribution >= 0.6 is 0 Å². The molecule has 0 N–H and O–H groups in total. The third-order valence-corrected chi connectivity index (χ3v) is 4.24. The molecule has 0 aromatic carbocycles. The zero-order valence-corrected chi connectivity index (χ0v) is 14.4. The second-order valence-corrected chi connectivity index (χ2v) is 8.45. The first kappa shape index (κ1) is 17.1. The molecule has 0 spiro atoms. The van der Waals surface area contributed by atoms with Crippen LogP contribution in [0.4, 0.5) is 4.79 Å². The van der Waals surface area contributed by atoms with Crippen LogP contribution in [-0.4, -0.2) is 41.2 Å². The molecule has 23 heavy (non-hydrogen) atoms. The van der Waals surface area contributed by atoms with Crippen molar-refractivity contribution >= 4 is 15.9 Å². The maximum absolute atomic E-state index is 12.4. The monoisotopic (exact) mass is 338 g/mol. The van der Waals surface area contributed by atoms with E-state index in [9.17, 15) is 18.5 Å². The summed E-state index contributed by atoms with van der Waals surface area (Å²) in [6, 6.07) is 2.07. The number of ether oxygens (including phenoxy) is 1. The molecule has 1 amide bonds. The molecule has 2 heterocycles. The number of sulfone groups is 1. The molecule has 1 aromatic rings. The Morgan fingerprint density at radius 1 is 1.48 bits per heavy atom. The molecule has 0 fully saturated rings. The van der Waals surface area contributed by atoms with Gasteiger partial charge in [0.05, 0.1) is 18.3 Å². The quantitative estimate of drug-likeness (QED) is 0.710. The van der Waals surface area contributed by atoms with Gasteiger partial charge in [-0.25, -0.2) is 23.2 Å². The first-order chi connectivity index (χ1) is 10.4. The zero-order chi connectivity index (χ0) is 17.6. The van der Waals surface area contributed by atoms with Gasteiger partial charge in [0, 0.05) is 18.0 Å². The average molecular weight is 338 g/mol. The summed E-state index contributed by atoms with van der Waals surface area (Å²) in [7, 11) is -3.57. The van der Waals surface area contributed by atoms with E-state index in [-0.39, 0.29) is 11.7 Å². The average Bonchev–Trinajstić information content (AvgIpc) is 2.70. The first-order valence-corrected chi connectivity index (χ1v) is 8.76. The van der Waals surface area contributed by atoms with Gasteiger partial charge in [-0.3, -0.25) is 4.90 Å². The first-order valence-electron chi connectivity index (χ1n) is 6.87. The minimum absolute atomic E-state index is 0.0145. The van der Waals surface area contributed by atoms with Crippen molar-refractivity contribution in [1.82, 2.24) is 14.9 Å². The second-order valence-electron chi connectivity index (χ2n) is 6.54. The molecule has 0 saturated heterocycles. The van der Waals surface area contributed by atoms with E-state index in [2.05, 4.69) is 16.0 Å². The highest BCUT2D eigenvalue weighted by Gasteiger charge is 2.47. The van der Waals surface area contributed by atoms with Crippen LogP contribution in [0.1, 0.15) is 39.0 Å². The Bertz CT molecular complexity index is 807. The van der Waals surface area contributed by atoms with Crippen LogP contribution in [0, 0.1) is 11.3 Å². The highest BCUT2D eigenvalue weighted by Crippen LogP contribution is 2.38. The van der Waals surface area contributed by atoms with Crippen molar-refractivity contribution in [2.24, 2.45) is 0 Å². The van der Waals surface area contributed by atoms with Crippen molar-refractivity contribution in [3.63, 3.8) is 0 Å². The summed E-state index contributed by atoms with van der Waals surface area (Å²) in [5.41, 5.74) is -1.30. The Labute approximate surface area is 135 Å². The van der Waals surface area contributed by atoms with E-state index in [1.165, 1.54) is 11.1 Å². The van der Waals surface area contributed by atoms with E-state index >= 15 is 0 Å². The van der Waals surface area contributed by atoms with E-state index in [1.54, 1.807) is 27.7 Å². The van der Waals surface area contributed by atoms with E-state index in [4.69, 9.17) is 4.74 Å². The third kappa shape index (κ3) is 3.12. The predicted molar refractivity (Wildman–Crippen MR) is 79.9 cm³/mol. The molecule has 2 rings (SSSR count). The van der Waals surface area contributed by atoms with Crippen molar-refractivity contribution in [3.05, 3.63) is 17.5 Å². The lowest BCUT2D eigenvalue weighted by Crippen LogP contribution is -2.44.